The summed E-state index contributed by atoms with van der Waals surface area (Å²) < 4.78 is 6.11. The van der Waals surface area contributed by atoms with Gasteiger partial charge < -0.3 is 4.42 Å². The zero-order valence-corrected chi connectivity index (χ0v) is 18.2. The number of halogens is 1. The normalized spacial score (nSPS) is 12.8. The lowest BCUT2D eigenvalue weighted by molar-refractivity contribution is 0.569. The van der Waals surface area contributed by atoms with Crippen molar-refractivity contribution in [3.05, 3.63) is 70.7 Å². The summed E-state index contributed by atoms with van der Waals surface area (Å²) in [6, 6.07) is 19.2. The Morgan fingerprint density at radius 3 is 1.93 bits per heavy atom. The fourth-order valence-electron chi connectivity index (χ4n) is 3.62. The van der Waals surface area contributed by atoms with Gasteiger partial charge in [-0.3, -0.25) is 0 Å². The van der Waals surface area contributed by atoms with E-state index in [0.29, 0.717) is 0 Å². The number of rotatable bonds is 1. The maximum Gasteiger partial charge on any atom is 0.136 e. The van der Waals surface area contributed by atoms with Crippen LogP contribution in [0.4, 0.5) is 0 Å². The van der Waals surface area contributed by atoms with Crippen LogP contribution in [0.3, 0.4) is 0 Å². The second-order valence-corrected chi connectivity index (χ2v) is 10.1. The number of hydrogen-bond acceptors (Lipinski definition) is 1. The Kier molecular flexibility index (Phi) is 4.35. The van der Waals surface area contributed by atoms with E-state index in [2.05, 4.69) is 77.9 Å². The van der Waals surface area contributed by atoms with E-state index >= 15 is 0 Å². The van der Waals surface area contributed by atoms with E-state index in [-0.39, 0.29) is 10.8 Å². The summed E-state index contributed by atoms with van der Waals surface area (Å²) in [5.41, 5.74) is 6.98. The van der Waals surface area contributed by atoms with Crippen LogP contribution in [0.15, 0.2) is 59.0 Å². The van der Waals surface area contributed by atoms with Crippen LogP contribution in [-0.4, -0.2) is 0 Å². The molecular weight excluding hydrogens is 364 g/mol. The summed E-state index contributed by atoms with van der Waals surface area (Å²) in [5.74, 6) is 0. The van der Waals surface area contributed by atoms with Crippen molar-refractivity contribution in [2.75, 3.05) is 0 Å². The summed E-state index contributed by atoms with van der Waals surface area (Å²) >= 11 is 6.42. The monoisotopic (exact) mass is 390 g/mol. The van der Waals surface area contributed by atoms with E-state index in [1.807, 2.05) is 18.2 Å². The van der Waals surface area contributed by atoms with Gasteiger partial charge in [0.05, 0.1) is 5.02 Å². The number of furan rings is 1. The molecule has 0 radical (unpaired) electrons. The Labute approximate surface area is 172 Å². The fraction of sp³-hybridized carbons (Fsp3) is 0.308. The summed E-state index contributed by atoms with van der Waals surface area (Å²) in [6.45, 7) is 13.6. The Morgan fingerprint density at radius 2 is 1.32 bits per heavy atom. The molecule has 0 atom stereocenters. The second kappa shape index (κ2) is 6.39. The SMILES string of the molecule is CC(C)(C)c1cc(-c2ccc3c(c2)oc2cccc(Cl)c23)cc(C(C)(C)C)c1. The lowest BCUT2D eigenvalue weighted by atomic mass is 9.79. The molecule has 1 nitrogen and oxygen atoms in total. The van der Waals surface area contributed by atoms with Gasteiger partial charge in [-0.15, -0.1) is 0 Å². The summed E-state index contributed by atoms with van der Waals surface area (Å²) in [5, 5.41) is 2.78. The highest BCUT2D eigenvalue weighted by Crippen LogP contribution is 2.38. The second-order valence-electron chi connectivity index (χ2n) is 9.73. The van der Waals surface area contributed by atoms with E-state index in [1.165, 1.54) is 22.3 Å². The summed E-state index contributed by atoms with van der Waals surface area (Å²) in [4.78, 5) is 0. The number of hydrogen-bond donors (Lipinski definition) is 0. The van der Waals surface area contributed by atoms with Gasteiger partial charge in [-0.1, -0.05) is 83.5 Å². The molecule has 3 aromatic carbocycles. The molecule has 0 aliphatic heterocycles. The Bertz CT molecular complexity index is 1150. The van der Waals surface area contributed by atoms with Crippen molar-refractivity contribution < 1.29 is 4.42 Å². The lowest BCUT2D eigenvalue weighted by Crippen LogP contribution is -2.16. The maximum absolute atomic E-state index is 6.42. The minimum absolute atomic E-state index is 0.0903. The quantitative estimate of drug-likeness (QED) is 0.317. The lowest BCUT2D eigenvalue weighted by Gasteiger charge is -2.26. The van der Waals surface area contributed by atoms with Gasteiger partial charge in [0.25, 0.3) is 0 Å². The third kappa shape index (κ3) is 3.33. The third-order valence-corrected chi connectivity index (χ3v) is 5.76. The minimum Gasteiger partial charge on any atom is -0.456 e. The van der Waals surface area contributed by atoms with Crippen LogP contribution >= 0.6 is 11.6 Å². The van der Waals surface area contributed by atoms with Crippen LogP contribution in [0.5, 0.6) is 0 Å². The smallest absolute Gasteiger partial charge is 0.136 e. The molecule has 0 N–H and O–H groups in total. The van der Waals surface area contributed by atoms with Crippen molar-refractivity contribution in [1.29, 1.82) is 0 Å². The molecule has 4 aromatic rings. The van der Waals surface area contributed by atoms with Crippen molar-refractivity contribution in [3.63, 3.8) is 0 Å². The topological polar surface area (TPSA) is 13.1 Å². The van der Waals surface area contributed by atoms with Gasteiger partial charge >= 0.3 is 0 Å². The molecule has 0 saturated heterocycles. The zero-order chi connectivity index (χ0) is 20.3. The van der Waals surface area contributed by atoms with E-state index in [4.69, 9.17) is 16.0 Å². The maximum atomic E-state index is 6.42. The van der Waals surface area contributed by atoms with Crippen LogP contribution < -0.4 is 0 Å². The van der Waals surface area contributed by atoms with Crippen LogP contribution in [-0.2, 0) is 10.8 Å². The minimum atomic E-state index is 0.0903. The molecule has 1 aromatic heterocycles. The van der Waals surface area contributed by atoms with Crippen molar-refractivity contribution in [1.82, 2.24) is 0 Å². The van der Waals surface area contributed by atoms with Gasteiger partial charge in [-0.2, -0.15) is 0 Å². The molecule has 2 heteroatoms. The van der Waals surface area contributed by atoms with Gasteiger partial charge in [0, 0.05) is 10.8 Å². The molecule has 1 heterocycles. The predicted octanol–water partition coefficient (Wildman–Crippen LogP) is 8.50. The molecule has 0 spiro atoms. The standard InChI is InChI=1S/C26H27ClO/c1-25(2,3)18-12-17(13-19(15-18)26(4,5)6)16-10-11-20-23(14-16)28-22-9-7-8-21(27)24(20)22/h7-15H,1-6H3. The highest BCUT2D eigenvalue weighted by atomic mass is 35.5. The largest absolute Gasteiger partial charge is 0.456 e. The Morgan fingerprint density at radius 1 is 0.679 bits per heavy atom. The molecule has 0 unspecified atom stereocenters. The van der Waals surface area contributed by atoms with Crippen molar-refractivity contribution in [2.45, 2.75) is 52.4 Å². The van der Waals surface area contributed by atoms with E-state index in [1.54, 1.807) is 0 Å². The third-order valence-electron chi connectivity index (χ3n) is 5.44. The van der Waals surface area contributed by atoms with Crippen molar-refractivity contribution >= 4 is 33.5 Å². The zero-order valence-electron chi connectivity index (χ0n) is 17.5. The van der Waals surface area contributed by atoms with Crippen LogP contribution in [0.25, 0.3) is 33.1 Å². The summed E-state index contributed by atoms with van der Waals surface area (Å²) in [7, 11) is 0. The average Bonchev–Trinajstić information content (AvgIpc) is 2.98. The predicted molar refractivity (Wildman–Crippen MR) is 122 cm³/mol. The first-order valence-corrected chi connectivity index (χ1v) is 10.2. The Balaban J connectivity index is 1.94. The average molecular weight is 391 g/mol. The number of benzene rings is 3. The summed E-state index contributed by atoms with van der Waals surface area (Å²) in [6.07, 6.45) is 0. The van der Waals surface area contributed by atoms with E-state index < -0.39 is 0 Å². The molecule has 0 bridgehead atoms. The van der Waals surface area contributed by atoms with Gasteiger partial charge in [0.2, 0.25) is 0 Å². The molecule has 0 aliphatic rings. The first kappa shape index (κ1) is 19.1. The van der Waals surface area contributed by atoms with E-state index in [9.17, 15) is 0 Å². The highest BCUT2D eigenvalue weighted by Gasteiger charge is 2.21. The first-order chi connectivity index (χ1) is 13.0. The van der Waals surface area contributed by atoms with Crippen LogP contribution in [0, 0.1) is 0 Å². The number of fused-ring (bicyclic) bond motifs is 3. The van der Waals surface area contributed by atoms with Gasteiger partial charge in [-0.05, 0) is 57.3 Å². The molecule has 144 valence electrons. The molecule has 0 aliphatic carbocycles. The van der Waals surface area contributed by atoms with Crippen molar-refractivity contribution in [2.24, 2.45) is 0 Å². The fourth-order valence-corrected chi connectivity index (χ4v) is 3.89. The van der Waals surface area contributed by atoms with Crippen molar-refractivity contribution in [3.8, 4) is 11.1 Å². The molecule has 0 amide bonds. The van der Waals surface area contributed by atoms with Gasteiger partial charge in [0.1, 0.15) is 11.2 Å². The molecule has 28 heavy (non-hydrogen) atoms. The molecule has 0 saturated carbocycles. The van der Waals surface area contributed by atoms with Gasteiger partial charge in [-0.25, -0.2) is 0 Å². The highest BCUT2D eigenvalue weighted by molar-refractivity contribution is 6.37. The Hall–Kier alpha value is -2.25. The molecule has 0 fully saturated rings. The van der Waals surface area contributed by atoms with Crippen LogP contribution in [0.2, 0.25) is 5.02 Å². The molecular formula is C26H27ClO. The van der Waals surface area contributed by atoms with E-state index in [0.717, 1.165) is 27.0 Å². The van der Waals surface area contributed by atoms with Gasteiger partial charge in [0.15, 0.2) is 0 Å². The molecule has 4 rings (SSSR count). The van der Waals surface area contributed by atoms with Crippen LogP contribution in [0.1, 0.15) is 52.7 Å². The first-order valence-electron chi connectivity index (χ1n) is 9.81.